The second-order valence-corrected chi connectivity index (χ2v) is 5.28. The predicted octanol–water partition coefficient (Wildman–Crippen LogP) is 4.18. The molecule has 0 radical (unpaired) electrons. The molecule has 0 aromatic heterocycles. The number of hydrogen-bond acceptors (Lipinski definition) is 1. The largest absolute Gasteiger partial charge is 0.358 e. The Morgan fingerprint density at radius 3 is 1.74 bits per heavy atom. The van der Waals surface area contributed by atoms with Gasteiger partial charge in [-0.2, -0.15) is 22.3 Å². The quantitative estimate of drug-likeness (QED) is 0.757. The molecule has 1 saturated heterocycles. The Kier molecular flexibility index (Phi) is 9.91. The van der Waals surface area contributed by atoms with Crippen LogP contribution in [-0.4, -0.2) is 24.5 Å². The van der Waals surface area contributed by atoms with Crippen LogP contribution in [0.5, 0.6) is 0 Å². The molecule has 0 saturated carbocycles. The summed E-state index contributed by atoms with van der Waals surface area (Å²) in [5.74, 6) is 0. The van der Waals surface area contributed by atoms with Gasteiger partial charge in [-0.1, -0.05) is 34.1 Å². The zero-order valence-electron chi connectivity index (χ0n) is 13.6. The second-order valence-electron chi connectivity index (χ2n) is 5.28. The van der Waals surface area contributed by atoms with Gasteiger partial charge in [-0.05, 0) is 32.5 Å². The molecule has 0 N–H and O–H groups in total. The SMILES string of the molecule is Cc1c(C)c(C)[c-](CCN2CCCC2)c1C.[CH3-].[CH3-].[Cr]. The van der Waals surface area contributed by atoms with E-state index in [4.69, 9.17) is 0 Å². The van der Waals surface area contributed by atoms with E-state index in [9.17, 15) is 0 Å². The van der Waals surface area contributed by atoms with E-state index in [2.05, 4.69) is 32.6 Å². The van der Waals surface area contributed by atoms with Gasteiger partial charge >= 0.3 is 0 Å². The molecule has 0 bridgehead atoms. The molecule has 0 amide bonds. The van der Waals surface area contributed by atoms with E-state index in [-0.39, 0.29) is 32.2 Å². The fourth-order valence-electron chi connectivity index (χ4n) is 2.95. The molecule has 0 atom stereocenters. The van der Waals surface area contributed by atoms with Gasteiger partial charge in [0.25, 0.3) is 0 Å². The Hall–Kier alpha value is -0.158. The van der Waals surface area contributed by atoms with Crippen LogP contribution in [0.4, 0.5) is 0 Å². The summed E-state index contributed by atoms with van der Waals surface area (Å²) in [5, 5.41) is 0. The number of rotatable bonds is 3. The molecule has 1 aliphatic rings. The molecular weight excluding hydrogens is 270 g/mol. The summed E-state index contributed by atoms with van der Waals surface area (Å²) in [5.41, 5.74) is 7.70. The molecule has 112 valence electrons. The summed E-state index contributed by atoms with van der Waals surface area (Å²) >= 11 is 0. The fourth-order valence-corrected chi connectivity index (χ4v) is 2.95. The van der Waals surface area contributed by atoms with E-state index >= 15 is 0 Å². The van der Waals surface area contributed by atoms with E-state index < -0.39 is 0 Å². The molecular formula is C17H30CrN-3. The first-order chi connectivity index (χ1) is 7.61. The van der Waals surface area contributed by atoms with Crippen molar-refractivity contribution in [1.82, 2.24) is 4.90 Å². The molecule has 2 rings (SSSR count). The second kappa shape index (κ2) is 8.90. The fraction of sp³-hybridized carbons (Fsp3) is 0.588. The number of nitrogens with zero attached hydrogens (tertiary/aromatic N) is 1. The van der Waals surface area contributed by atoms with Gasteiger partial charge in [-0.25, -0.2) is 0 Å². The Balaban J connectivity index is 0. The molecule has 1 fully saturated rings. The van der Waals surface area contributed by atoms with Gasteiger partial charge in [0, 0.05) is 17.4 Å². The molecule has 1 heterocycles. The average molecular weight is 300 g/mol. The van der Waals surface area contributed by atoms with Crippen molar-refractivity contribution in [2.24, 2.45) is 0 Å². The van der Waals surface area contributed by atoms with E-state index in [1.165, 1.54) is 61.2 Å². The van der Waals surface area contributed by atoms with Gasteiger partial charge in [0.1, 0.15) is 0 Å². The van der Waals surface area contributed by atoms with Crippen LogP contribution in [0.25, 0.3) is 0 Å². The van der Waals surface area contributed by atoms with Crippen molar-refractivity contribution >= 4 is 0 Å². The normalized spacial score (nSPS) is 14.5. The van der Waals surface area contributed by atoms with Crippen molar-refractivity contribution in [3.05, 3.63) is 42.7 Å². The summed E-state index contributed by atoms with van der Waals surface area (Å²) in [7, 11) is 0. The maximum absolute atomic E-state index is 2.61. The van der Waals surface area contributed by atoms with Crippen LogP contribution in [0.1, 0.15) is 40.7 Å². The molecule has 1 aromatic rings. The van der Waals surface area contributed by atoms with Gasteiger partial charge < -0.3 is 19.8 Å². The molecule has 1 aromatic carbocycles. The maximum Gasteiger partial charge on any atom is 0 e. The summed E-state index contributed by atoms with van der Waals surface area (Å²) in [6.45, 7) is 13.0. The molecule has 0 aliphatic carbocycles. The average Bonchev–Trinajstić information content (AvgIpc) is 2.84. The third-order valence-electron chi connectivity index (χ3n) is 4.47. The molecule has 1 aliphatic heterocycles. The van der Waals surface area contributed by atoms with Gasteiger partial charge in [-0.3, -0.25) is 0 Å². The first kappa shape index (κ1) is 21.1. The van der Waals surface area contributed by atoms with E-state index in [0.29, 0.717) is 0 Å². The van der Waals surface area contributed by atoms with Gasteiger partial charge in [0.05, 0.1) is 0 Å². The minimum atomic E-state index is 0. The first-order valence-corrected chi connectivity index (χ1v) is 6.55. The van der Waals surface area contributed by atoms with Crippen LogP contribution < -0.4 is 0 Å². The maximum atomic E-state index is 2.61. The number of hydrogen-bond donors (Lipinski definition) is 0. The first-order valence-electron chi connectivity index (χ1n) is 6.55. The Bertz CT molecular complexity index is 348. The van der Waals surface area contributed by atoms with E-state index in [0.717, 1.165) is 0 Å². The van der Waals surface area contributed by atoms with Crippen molar-refractivity contribution in [3.8, 4) is 0 Å². The molecule has 19 heavy (non-hydrogen) atoms. The van der Waals surface area contributed by atoms with Crippen LogP contribution in [0.2, 0.25) is 0 Å². The van der Waals surface area contributed by atoms with Crippen LogP contribution in [0.3, 0.4) is 0 Å². The van der Waals surface area contributed by atoms with Crippen molar-refractivity contribution < 1.29 is 17.4 Å². The topological polar surface area (TPSA) is 3.24 Å². The Morgan fingerprint density at radius 1 is 0.895 bits per heavy atom. The standard InChI is InChI=1S/C15H24N.2CH3.Cr/c1-11-12(2)14(4)15(13(11)3)7-10-16-8-5-6-9-16;;;/h5-10H2,1-4H3;2*1H3;/q3*-1;. The third kappa shape index (κ3) is 4.42. The summed E-state index contributed by atoms with van der Waals surface area (Å²) in [6, 6.07) is 0. The van der Waals surface area contributed by atoms with E-state index in [1.807, 2.05) is 0 Å². The molecule has 0 spiro atoms. The van der Waals surface area contributed by atoms with Gasteiger partial charge in [0.2, 0.25) is 0 Å². The van der Waals surface area contributed by atoms with Crippen LogP contribution >= 0.6 is 0 Å². The molecule has 2 heteroatoms. The Morgan fingerprint density at radius 2 is 1.32 bits per heavy atom. The van der Waals surface area contributed by atoms with Crippen LogP contribution in [0, 0.1) is 42.5 Å². The summed E-state index contributed by atoms with van der Waals surface area (Å²) in [4.78, 5) is 2.61. The van der Waals surface area contributed by atoms with Crippen LogP contribution in [0.15, 0.2) is 0 Å². The molecule has 1 nitrogen and oxygen atoms in total. The van der Waals surface area contributed by atoms with Gasteiger partial charge in [0.15, 0.2) is 0 Å². The van der Waals surface area contributed by atoms with E-state index in [1.54, 1.807) is 5.56 Å². The van der Waals surface area contributed by atoms with Crippen molar-refractivity contribution in [2.75, 3.05) is 19.6 Å². The number of likely N-dealkylation sites (tertiary alicyclic amines) is 1. The zero-order chi connectivity index (χ0) is 11.7. The summed E-state index contributed by atoms with van der Waals surface area (Å²) < 4.78 is 0. The summed E-state index contributed by atoms with van der Waals surface area (Å²) in [6.07, 6.45) is 4.04. The van der Waals surface area contributed by atoms with Crippen molar-refractivity contribution in [3.63, 3.8) is 0 Å². The minimum absolute atomic E-state index is 0. The predicted molar refractivity (Wildman–Crippen MR) is 83.2 cm³/mol. The van der Waals surface area contributed by atoms with Crippen molar-refractivity contribution in [1.29, 1.82) is 0 Å². The Labute approximate surface area is 131 Å². The monoisotopic (exact) mass is 300 g/mol. The third-order valence-corrected chi connectivity index (χ3v) is 4.47. The minimum Gasteiger partial charge on any atom is -0.358 e. The van der Waals surface area contributed by atoms with Crippen LogP contribution in [-0.2, 0) is 23.8 Å². The molecule has 0 unspecified atom stereocenters. The smallest absolute Gasteiger partial charge is 0 e. The van der Waals surface area contributed by atoms with Gasteiger partial charge in [-0.15, -0.1) is 5.56 Å². The van der Waals surface area contributed by atoms with Crippen molar-refractivity contribution in [2.45, 2.75) is 47.0 Å². The zero-order valence-corrected chi connectivity index (χ0v) is 14.9.